The molecule has 3 aromatic rings. The zero-order chi connectivity index (χ0) is 24.4. The molecule has 0 saturated carbocycles. The first-order valence-corrected chi connectivity index (χ1v) is 12.1. The molecule has 5 rings (SSSR count). The maximum absolute atomic E-state index is 13.9. The van der Waals surface area contributed by atoms with E-state index in [4.69, 9.17) is 0 Å². The minimum absolute atomic E-state index is 0.210. The molecule has 1 saturated heterocycles. The number of fused-ring (bicyclic) bond motifs is 1. The number of hydrogen-bond acceptors (Lipinski definition) is 3. The molecule has 2 aliphatic heterocycles. The van der Waals surface area contributed by atoms with E-state index in [-0.39, 0.29) is 11.8 Å². The Hall–Kier alpha value is -3.93. The van der Waals surface area contributed by atoms with Crippen LogP contribution in [0.5, 0.6) is 0 Å². The first-order valence-electron chi connectivity index (χ1n) is 12.1. The van der Waals surface area contributed by atoms with Gasteiger partial charge in [-0.15, -0.1) is 0 Å². The molecule has 6 nitrogen and oxygen atoms in total. The van der Waals surface area contributed by atoms with Crippen LogP contribution in [0.15, 0.2) is 84.9 Å². The number of amides is 4. The summed E-state index contributed by atoms with van der Waals surface area (Å²) in [6.07, 6.45) is 1.46. The Morgan fingerprint density at radius 1 is 0.857 bits per heavy atom. The van der Waals surface area contributed by atoms with Crippen molar-refractivity contribution in [2.24, 2.45) is 0 Å². The van der Waals surface area contributed by atoms with Gasteiger partial charge in [-0.05, 0) is 35.6 Å². The molecular weight excluding hydrogens is 438 g/mol. The molecule has 2 aliphatic rings. The van der Waals surface area contributed by atoms with Gasteiger partial charge in [-0.25, -0.2) is 9.69 Å². The third-order valence-electron chi connectivity index (χ3n) is 7.08. The van der Waals surface area contributed by atoms with Crippen molar-refractivity contribution in [1.29, 1.82) is 0 Å². The molecule has 1 unspecified atom stereocenters. The van der Waals surface area contributed by atoms with E-state index in [1.165, 1.54) is 5.56 Å². The van der Waals surface area contributed by atoms with Crippen LogP contribution in [0.4, 0.5) is 4.79 Å². The summed E-state index contributed by atoms with van der Waals surface area (Å²) in [5.41, 5.74) is 3.10. The Morgan fingerprint density at radius 3 is 2.00 bits per heavy atom. The highest BCUT2D eigenvalue weighted by atomic mass is 16.2. The van der Waals surface area contributed by atoms with Gasteiger partial charge in [0.15, 0.2) is 0 Å². The normalized spacial score (nSPS) is 17.6. The molecule has 6 heteroatoms. The van der Waals surface area contributed by atoms with Crippen LogP contribution in [-0.4, -0.2) is 45.8 Å². The van der Waals surface area contributed by atoms with Crippen LogP contribution in [0, 0.1) is 0 Å². The second-order valence-corrected chi connectivity index (χ2v) is 9.47. The molecule has 0 spiro atoms. The Bertz CT molecular complexity index is 1200. The van der Waals surface area contributed by atoms with Gasteiger partial charge in [-0.3, -0.25) is 9.59 Å². The number of rotatable bonds is 6. The SMILES string of the molecule is CC(C(=O)N1CCc2ccccc2C1)N1C(=O)NC(Cc2ccccc2)(Cc2ccccc2)C1=O. The number of carbonyl (C=O) groups is 3. The Kier molecular flexibility index (Phi) is 6.12. The lowest BCUT2D eigenvalue weighted by Gasteiger charge is -2.33. The minimum atomic E-state index is -1.15. The number of carbonyl (C=O) groups excluding carboxylic acids is 3. The van der Waals surface area contributed by atoms with E-state index in [2.05, 4.69) is 11.4 Å². The molecule has 2 heterocycles. The van der Waals surface area contributed by atoms with Gasteiger partial charge in [-0.2, -0.15) is 0 Å². The Morgan fingerprint density at radius 2 is 1.40 bits per heavy atom. The fourth-order valence-corrected chi connectivity index (χ4v) is 5.24. The smallest absolute Gasteiger partial charge is 0.325 e. The topological polar surface area (TPSA) is 69.7 Å². The van der Waals surface area contributed by atoms with Crippen LogP contribution in [0.3, 0.4) is 0 Å². The zero-order valence-corrected chi connectivity index (χ0v) is 19.8. The fraction of sp³-hybridized carbons (Fsp3) is 0.276. The summed E-state index contributed by atoms with van der Waals surface area (Å²) in [4.78, 5) is 43.5. The molecule has 178 valence electrons. The van der Waals surface area contributed by atoms with Crippen LogP contribution < -0.4 is 5.32 Å². The summed E-state index contributed by atoms with van der Waals surface area (Å²) < 4.78 is 0. The molecule has 1 N–H and O–H groups in total. The van der Waals surface area contributed by atoms with Gasteiger partial charge in [-0.1, -0.05) is 84.9 Å². The average molecular weight is 468 g/mol. The van der Waals surface area contributed by atoms with Crippen molar-refractivity contribution >= 4 is 17.8 Å². The standard InChI is InChI=1S/C29H29N3O3/c1-21(26(33)31-17-16-24-14-8-9-15-25(24)20-31)32-27(34)29(30-28(32)35,18-22-10-4-2-5-11-22)19-23-12-6-3-7-13-23/h2-15,21H,16-20H2,1H3,(H,30,35). The van der Waals surface area contributed by atoms with Gasteiger partial charge in [0.05, 0.1) is 0 Å². The van der Waals surface area contributed by atoms with Crippen molar-refractivity contribution in [2.75, 3.05) is 6.54 Å². The van der Waals surface area contributed by atoms with Gasteiger partial charge in [0.25, 0.3) is 5.91 Å². The average Bonchev–Trinajstić information content (AvgIpc) is 3.12. The first kappa shape index (κ1) is 22.8. The second-order valence-electron chi connectivity index (χ2n) is 9.47. The van der Waals surface area contributed by atoms with E-state index in [1.807, 2.05) is 78.9 Å². The van der Waals surface area contributed by atoms with Gasteiger partial charge in [0.1, 0.15) is 11.6 Å². The third kappa shape index (κ3) is 4.44. The highest BCUT2D eigenvalue weighted by Crippen LogP contribution is 2.29. The number of urea groups is 1. The first-order chi connectivity index (χ1) is 17.0. The number of nitrogens with one attached hydrogen (secondary N) is 1. The summed E-state index contributed by atoms with van der Waals surface area (Å²) in [5.74, 6) is -0.563. The molecule has 3 aromatic carbocycles. The van der Waals surface area contributed by atoms with Crippen LogP contribution in [0.25, 0.3) is 0 Å². The largest absolute Gasteiger partial charge is 0.336 e. The molecular formula is C29H29N3O3. The van der Waals surface area contributed by atoms with Gasteiger partial charge in [0.2, 0.25) is 5.91 Å². The Balaban J connectivity index is 1.41. The number of imide groups is 1. The van der Waals surface area contributed by atoms with Crippen molar-refractivity contribution in [2.45, 2.75) is 44.3 Å². The summed E-state index contributed by atoms with van der Waals surface area (Å²) in [6.45, 7) is 2.71. The summed E-state index contributed by atoms with van der Waals surface area (Å²) in [6, 6.07) is 26.0. The van der Waals surface area contributed by atoms with Gasteiger partial charge >= 0.3 is 6.03 Å². The number of hydrogen-bond donors (Lipinski definition) is 1. The quantitative estimate of drug-likeness (QED) is 0.562. The van der Waals surface area contributed by atoms with Gasteiger partial charge < -0.3 is 10.2 Å². The third-order valence-corrected chi connectivity index (χ3v) is 7.08. The lowest BCUT2D eigenvalue weighted by Crippen LogP contribution is -2.53. The van der Waals surface area contributed by atoms with E-state index in [9.17, 15) is 14.4 Å². The molecule has 4 amide bonds. The molecule has 35 heavy (non-hydrogen) atoms. The van der Waals surface area contributed by atoms with Crippen molar-refractivity contribution < 1.29 is 14.4 Å². The molecule has 0 aliphatic carbocycles. The highest BCUT2D eigenvalue weighted by molar-refractivity contribution is 6.10. The zero-order valence-electron chi connectivity index (χ0n) is 19.8. The maximum Gasteiger partial charge on any atom is 0.325 e. The monoisotopic (exact) mass is 467 g/mol. The van der Waals surface area contributed by atoms with E-state index in [0.29, 0.717) is 25.9 Å². The molecule has 1 fully saturated rings. The molecule has 0 bridgehead atoms. The number of benzene rings is 3. The summed E-state index contributed by atoms with van der Waals surface area (Å²) in [7, 11) is 0. The highest BCUT2D eigenvalue weighted by Gasteiger charge is 2.54. The molecule has 1 atom stereocenters. The van der Waals surface area contributed by atoms with E-state index >= 15 is 0 Å². The second kappa shape index (κ2) is 9.37. The van der Waals surface area contributed by atoms with Crippen molar-refractivity contribution in [1.82, 2.24) is 15.1 Å². The van der Waals surface area contributed by atoms with Crippen LogP contribution in [-0.2, 0) is 35.4 Å². The summed E-state index contributed by atoms with van der Waals surface area (Å²) in [5, 5.41) is 2.99. The summed E-state index contributed by atoms with van der Waals surface area (Å²) >= 11 is 0. The predicted octanol–water partition coefficient (Wildman–Crippen LogP) is 3.74. The van der Waals surface area contributed by atoms with Crippen LogP contribution in [0.1, 0.15) is 29.2 Å². The Labute approximate surface area is 205 Å². The van der Waals surface area contributed by atoms with E-state index < -0.39 is 17.6 Å². The lowest BCUT2D eigenvalue weighted by molar-refractivity contribution is -0.143. The van der Waals surface area contributed by atoms with E-state index in [0.717, 1.165) is 28.0 Å². The minimum Gasteiger partial charge on any atom is -0.336 e. The van der Waals surface area contributed by atoms with Crippen molar-refractivity contribution in [3.8, 4) is 0 Å². The van der Waals surface area contributed by atoms with Crippen molar-refractivity contribution in [3.05, 3.63) is 107 Å². The fourth-order valence-electron chi connectivity index (χ4n) is 5.24. The molecule has 0 aromatic heterocycles. The van der Waals surface area contributed by atoms with Gasteiger partial charge in [0, 0.05) is 25.9 Å². The van der Waals surface area contributed by atoms with Crippen molar-refractivity contribution in [3.63, 3.8) is 0 Å². The van der Waals surface area contributed by atoms with Crippen LogP contribution >= 0.6 is 0 Å². The maximum atomic E-state index is 13.9. The van der Waals surface area contributed by atoms with E-state index in [1.54, 1.807) is 11.8 Å². The number of nitrogens with zero attached hydrogens (tertiary/aromatic N) is 2. The van der Waals surface area contributed by atoms with Crippen LogP contribution in [0.2, 0.25) is 0 Å². The predicted molar refractivity (Wildman–Crippen MR) is 133 cm³/mol. The lowest BCUT2D eigenvalue weighted by atomic mass is 9.84. The molecule has 0 radical (unpaired) electrons.